The predicted octanol–water partition coefficient (Wildman–Crippen LogP) is 2.57. The van der Waals surface area contributed by atoms with Crippen molar-refractivity contribution >= 4 is 45.4 Å². The number of hydrogen-bond acceptors (Lipinski definition) is 3. The van der Waals surface area contributed by atoms with Crippen molar-refractivity contribution in [1.29, 1.82) is 0 Å². The topological polar surface area (TPSA) is 25.8 Å². The Bertz CT molecular complexity index is 442. The fraction of sp³-hybridized carbons (Fsp3) is 0. The van der Waals surface area contributed by atoms with Crippen LogP contribution in [0.15, 0.2) is 6.07 Å². The van der Waals surface area contributed by atoms with E-state index >= 15 is 0 Å². The van der Waals surface area contributed by atoms with Gasteiger partial charge >= 0.3 is 0 Å². The van der Waals surface area contributed by atoms with Crippen molar-refractivity contribution < 1.29 is 8.78 Å². The molecule has 0 fully saturated rings. The highest BCUT2D eigenvalue weighted by Gasteiger charge is 2.13. The molecule has 2 nitrogen and oxygen atoms in total. The second kappa shape index (κ2) is 2.84. The minimum Gasteiger partial charge on any atom is -0.204 e. The lowest BCUT2D eigenvalue weighted by Crippen LogP contribution is -1.88. The molecule has 0 amide bonds. The van der Waals surface area contributed by atoms with Gasteiger partial charge in [0.2, 0.25) is 0 Å². The van der Waals surface area contributed by atoms with Crippen molar-refractivity contribution in [1.82, 2.24) is 8.75 Å². The van der Waals surface area contributed by atoms with Crippen molar-refractivity contribution in [3.63, 3.8) is 0 Å². The molecule has 12 heavy (non-hydrogen) atoms. The number of hydrogen-bond donors (Lipinski definition) is 0. The number of halogens is 3. The molecule has 1 aromatic heterocycles. The molecule has 1 aromatic carbocycles. The molecular weight excluding hydrogens is 297 g/mol. The number of aromatic nitrogens is 2. The Morgan fingerprint density at radius 1 is 1.25 bits per heavy atom. The molecule has 2 aromatic rings. The van der Waals surface area contributed by atoms with E-state index in [0.29, 0.717) is 0 Å². The first-order valence-electron chi connectivity index (χ1n) is 2.96. The average molecular weight is 298 g/mol. The molecule has 0 aliphatic carbocycles. The van der Waals surface area contributed by atoms with Crippen molar-refractivity contribution in [2.24, 2.45) is 0 Å². The summed E-state index contributed by atoms with van der Waals surface area (Å²) in [5.41, 5.74) is 0.0299. The van der Waals surface area contributed by atoms with Crippen LogP contribution in [0, 0.1) is 15.2 Å². The predicted molar refractivity (Wildman–Crippen MR) is 50.0 cm³/mol. The minimum absolute atomic E-state index is 0.0120. The molecule has 0 aliphatic heterocycles. The normalized spacial score (nSPS) is 10.9. The Morgan fingerprint density at radius 3 is 2.67 bits per heavy atom. The summed E-state index contributed by atoms with van der Waals surface area (Å²) in [4.78, 5) is 0. The molecule has 1 heterocycles. The number of fused-ring (bicyclic) bond motifs is 1. The summed E-state index contributed by atoms with van der Waals surface area (Å²) < 4.78 is 33.6. The van der Waals surface area contributed by atoms with Gasteiger partial charge in [-0.25, -0.2) is 8.78 Å². The van der Waals surface area contributed by atoms with Gasteiger partial charge in [-0.3, -0.25) is 0 Å². The van der Waals surface area contributed by atoms with Crippen LogP contribution in [0.3, 0.4) is 0 Å². The molecular formula is C6HF2IN2S. The molecule has 0 N–H and O–H groups in total. The number of rotatable bonds is 0. The molecule has 6 heteroatoms. The Morgan fingerprint density at radius 2 is 1.92 bits per heavy atom. The van der Waals surface area contributed by atoms with E-state index in [1.165, 1.54) is 0 Å². The first kappa shape index (κ1) is 8.24. The highest BCUT2D eigenvalue weighted by Crippen LogP contribution is 2.23. The molecule has 0 bridgehead atoms. The first-order valence-corrected chi connectivity index (χ1v) is 4.77. The van der Waals surface area contributed by atoms with Gasteiger partial charge in [0.25, 0.3) is 0 Å². The lowest BCUT2D eigenvalue weighted by atomic mass is 10.3. The molecule has 0 unspecified atom stereocenters. The van der Waals surface area contributed by atoms with Crippen molar-refractivity contribution in [3.05, 3.63) is 21.3 Å². The smallest absolute Gasteiger partial charge is 0.165 e. The Hall–Kier alpha value is -0.370. The molecule has 0 aliphatic rings. The van der Waals surface area contributed by atoms with Gasteiger partial charge in [0.05, 0.1) is 15.3 Å². The molecule has 0 spiro atoms. The zero-order valence-electron chi connectivity index (χ0n) is 5.51. The van der Waals surface area contributed by atoms with Gasteiger partial charge in [0.15, 0.2) is 11.6 Å². The Balaban J connectivity index is 2.97. The van der Waals surface area contributed by atoms with E-state index in [1.807, 2.05) is 0 Å². The monoisotopic (exact) mass is 298 g/mol. The second-order valence-corrected chi connectivity index (χ2v) is 3.81. The van der Waals surface area contributed by atoms with Crippen molar-refractivity contribution in [3.8, 4) is 0 Å². The van der Waals surface area contributed by atoms with Crippen LogP contribution in [0.4, 0.5) is 8.78 Å². The van der Waals surface area contributed by atoms with Gasteiger partial charge in [0, 0.05) is 0 Å². The van der Waals surface area contributed by atoms with Crippen LogP contribution in [-0.4, -0.2) is 8.75 Å². The van der Waals surface area contributed by atoms with Crippen LogP contribution in [0.2, 0.25) is 0 Å². The SMILES string of the molecule is Fc1cc(I)c(F)c2nsnc12. The first-order chi connectivity index (χ1) is 5.70. The molecule has 0 saturated heterocycles. The number of nitrogens with zero attached hydrogens (tertiary/aromatic N) is 2. The summed E-state index contributed by atoms with van der Waals surface area (Å²) in [6.45, 7) is 0. The van der Waals surface area contributed by atoms with Crippen LogP contribution < -0.4 is 0 Å². The van der Waals surface area contributed by atoms with Gasteiger partial charge in [-0.2, -0.15) is 8.75 Å². The maximum absolute atomic E-state index is 13.1. The summed E-state index contributed by atoms with van der Waals surface area (Å²) in [6, 6.07) is 1.11. The van der Waals surface area contributed by atoms with E-state index in [9.17, 15) is 8.78 Å². The third-order valence-electron chi connectivity index (χ3n) is 1.39. The van der Waals surface area contributed by atoms with E-state index in [1.54, 1.807) is 22.6 Å². The third-order valence-corrected chi connectivity index (χ3v) is 2.70. The third kappa shape index (κ3) is 1.09. The molecule has 2 rings (SSSR count). The summed E-state index contributed by atoms with van der Waals surface area (Å²) in [6.07, 6.45) is 0. The highest BCUT2D eigenvalue weighted by molar-refractivity contribution is 14.1. The summed E-state index contributed by atoms with van der Waals surface area (Å²) in [5, 5.41) is 0. The summed E-state index contributed by atoms with van der Waals surface area (Å²) in [5.74, 6) is -1.02. The zero-order chi connectivity index (χ0) is 8.72. The Labute approximate surface area is 84.1 Å². The van der Waals surface area contributed by atoms with E-state index in [4.69, 9.17) is 0 Å². The van der Waals surface area contributed by atoms with E-state index in [0.717, 1.165) is 17.8 Å². The summed E-state index contributed by atoms with van der Waals surface area (Å²) in [7, 11) is 0. The van der Waals surface area contributed by atoms with Gasteiger partial charge in [-0.15, -0.1) is 0 Å². The number of benzene rings is 1. The van der Waals surface area contributed by atoms with Gasteiger partial charge in [0.1, 0.15) is 11.0 Å². The minimum atomic E-state index is -0.524. The lowest BCUT2D eigenvalue weighted by Gasteiger charge is -1.94. The van der Waals surface area contributed by atoms with E-state index < -0.39 is 11.6 Å². The largest absolute Gasteiger partial charge is 0.204 e. The lowest BCUT2D eigenvalue weighted by molar-refractivity contribution is 0.609. The Kier molecular flexibility index (Phi) is 1.95. The van der Waals surface area contributed by atoms with Crippen LogP contribution in [0.25, 0.3) is 11.0 Å². The van der Waals surface area contributed by atoms with Crippen LogP contribution >= 0.6 is 34.3 Å². The fourth-order valence-electron chi connectivity index (χ4n) is 0.845. The highest BCUT2D eigenvalue weighted by atomic mass is 127. The molecule has 0 atom stereocenters. The molecule has 0 radical (unpaired) electrons. The second-order valence-electron chi connectivity index (χ2n) is 2.12. The fourth-order valence-corrected chi connectivity index (χ4v) is 1.92. The quantitative estimate of drug-likeness (QED) is 0.552. The maximum Gasteiger partial charge on any atom is 0.165 e. The van der Waals surface area contributed by atoms with Gasteiger partial charge in [-0.05, 0) is 28.7 Å². The van der Waals surface area contributed by atoms with Gasteiger partial charge < -0.3 is 0 Å². The van der Waals surface area contributed by atoms with Crippen LogP contribution in [-0.2, 0) is 0 Å². The zero-order valence-corrected chi connectivity index (χ0v) is 8.49. The summed E-state index contributed by atoms with van der Waals surface area (Å²) >= 11 is 2.52. The molecule has 0 saturated carbocycles. The van der Waals surface area contributed by atoms with E-state index in [2.05, 4.69) is 8.75 Å². The maximum atomic E-state index is 13.1. The average Bonchev–Trinajstić information content (AvgIpc) is 2.48. The standard InChI is InChI=1S/C6HF2IN2S/c7-2-1-3(9)4(8)6-5(2)10-12-11-6/h1H. The van der Waals surface area contributed by atoms with Gasteiger partial charge in [-0.1, -0.05) is 0 Å². The van der Waals surface area contributed by atoms with Crippen LogP contribution in [0.5, 0.6) is 0 Å². The van der Waals surface area contributed by atoms with Crippen molar-refractivity contribution in [2.75, 3.05) is 0 Å². The molecule has 62 valence electrons. The van der Waals surface area contributed by atoms with Crippen molar-refractivity contribution in [2.45, 2.75) is 0 Å². The van der Waals surface area contributed by atoms with E-state index in [-0.39, 0.29) is 14.6 Å². The van der Waals surface area contributed by atoms with Crippen LogP contribution in [0.1, 0.15) is 0 Å².